The number of imide groups is 3. The van der Waals surface area contributed by atoms with E-state index in [4.69, 9.17) is 14.2 Å². The highest BCUT2D eigenvalue weighted by atomic mass is 16.6. The Morgan fingerprint density at radius 3 is 0.857 bits per heavy atom. The van der Waals surface area contributed by atoms with Gasteiger partial charge in [-0.2, -0.15) is 0 Å². The number of ether oxygens (including phenoxy) is 3. The molecule has 4 aliphatic heterocycles. The van der Waals surface area contributed by atoms with Crippen LogP contribution in [-0.2, 0) is 43.0 Å². The largest absolute Gasteiger partial charge is 0.443 e. The van der Waals surface area contributed by atoms with Crippen LogP contribution in [0.2, 0.25) is 0 Å². The molecular weight excluding hydrogens is 564 g/mol. The smallest absolute Gasteiger partial charge is 0.417 e. The zero-order valence-corrected chi connectivity index (χ0v) is 23.4. The fourth-order valence-corrected chi connectivity index (χ4v) is 5.19. The van der Waals surface area contributed by atoms with Crippen molar-refractivity contribution in [3.63, 3.8) is 0 Å². The third-order valence-electron chi connectivity index (χ3n) is 7.32. The monoisotopic (exact) mass is 594 g/mol. The van der Waals surface area contributed by atoms with Crippen molar-refractivity contribution in [2.24, 2.45) is 0 Å². The summed E-state index contributed by atoms with van der Waals surface area (Å²) >= 11 is 0. The molecule has 9 atom stereocenters. The second-order valence-corrected chi connectivity index (χ2v) is 10.4. The third kappa shape index (κ3) is 4.96. The van der Waals surface area contributed by atoms with Gasteiger partial charge in [0.05, 0.1) is 0 Å². The van der Waals surface area contributed by atoms with Gasteiger partial charge in [0, 0.05) is 0 Å². The van der Waals surface area contributed by atoms with Crippen molar-refractivity contribution in [3.8, 4) is 0 Å². The maximum absolute atomic E-state index is 13.3. The van der Waals surface area contributed by atoms with Crippen LogP contribution >= 0.6 is 0 Å². The molecule has 4 fully saturated rings. The number of fused-ring (bicyclic) bond motifs is 3. The highest BCUT2D eigenvalue weighted by Crippen LogP contribution is 2.25. The summed E-state index contributed by atoms with van der Waals surface area (Å²) in [5.74, 6) is -6.20. The number of nitrogens with zero attached hydrogens (tertiary/aromatic N) is 3. The molecule has 4 aliphatic rings. The lowest BCUT2D eigenvalue weighted by Gasteiger charge is -2.29. The number of carbonyl (C=O) groups is 9. The molecule has 0 saturated carbocycles. The minimum atomic E-state index is -1.59. The first-order valence-corrected chi connectivity index (χ1v) is 13.1. The minimum Gasteiger partial charge on any atom is -0.443 e. The van der Waals surface area contributed by atoms with Gasteiger partial charge >= 0.3 is 18.3 Å². The molecule has 0 bridgehead atoms. The normalized spacial score (nSPS) is 36.6. The molecule has 9 amide bonds. The quantitative estimate of drug-likeness (QED) is 0.252. The summed E-state index contributed by atoms with van der Waals surface area (Å²) < 4.78 is 15.2. The van der Waals surface area contributed by atoms with Crippen LogP contribution in [0.3, 0.4) is 0 Å². The van der Waals surface area contributed by atoms with Crippen LogP contribution in [0.1, 0.15) is 41.5 Å². The van der Waals surface area contributed by atoms with Crippen molar-refractivity contribution >= 4 is 53.7 Å². The first-order chi connectivity index (χ1) is 19.6. The van der Waals surface area contributed by atoms with Crippen molar-refractivity contribution in [2.75, 3.05) is 0 Å². The Kier molecular flexibility index (Phi) is 7.84. The predicted octanol–water partition coefficient (Wildman–Crippen LogP) is -2.28. The summed E-state index contributed by atoms with van der Waals surface area (Å²) in [7, 11) is 0. The molecule has 3 N–H and O–H groups in total. The van der Waals surface area contributed by atoms with Crippen LogP contribution in [-0.4, -0.2) is 123 Å². The standard InChI is InChI=1S/C24H30N6O12/c1-7-19(34)28-14(11(5)40-22(28)37)17(32)26-9(3)21(36)30-15(12(6)42-24(30)39)18(33)27-8(2)20(35)29-13(16(31)25-7)10(4)41-23(29)38/h7-15H,1-6H3,(H,25,31)(H,26,32)(H,27,33)/t7-,8-,9-,10-,11-,12-,13+,14+,15+/m0/s1. The Morgan fingerprint density at radius 2 is 0.643 bits per heavy atom. The molecule has 0 unspecified atom stereocenters. The second-order valence-electron chi connectivity index (χ2n) is 10.4. The van der Waals surface area contributed by atoms with Crippen molar-refractivity contribution in [1.82, 2.24) is 30.7 Å². The number of hydrogen-bond donors (Lipinski definition) is 3. The maximum Gasteiger partial charge on any atom is 0.417 e. The van der Waals surface area contributed by atoms with Crippen LogP contribution in [0.15, 0.2) is 0 Å². The van der Waals surface area contributed by atoms with Crippen LogP contribution in [0.25, 0.3) is 0 Å². The fourth-order valence-electron chi connectivity index (χ4n) is 5.19. The topological polar surface area (TPSA) is 227 Å². The number of hydrogen-bond acceptors (Lipinski definition) is 12. The lowest BCUT2D eigenvalue weighted by atomic mass is 10.1. The molecule has 0 radical (unpaired) electrons. The van der Waals surface area contributed by atoms with E-state index in [0.717, 1.165) is 0 Å². The lowest BCUT2D eigenvalue weighted by molar-refractivity contribution is -0.144. The Morgan fingerprint density at radius 1 is 0.429 bits per heavy atom. The van der Waals surface area contributed by atoms with Crippen LogP contribution in [0, 0.1) is 0 Å². The van der Waals surface area contributed by atoms with Gasteiger partial charge in [0.15, 0.2) is 18.1 Å². The predicted molar refractivity (Wildman–Crippen MR) is 133 cm³/mol. The summed E-state index contributed by atoms with van der Waals surface area (Å²) in [6.07, 6.45) is -7.13. The average Bonchev–Trinajstić information content (AvgIpc) is 3.48. The Balaban J connectivity index is 1.76. The number of carbonyl (C=O) groups excluding carboxylic acids is 9. The molecule has 4 heterocycles. The molecule has 0 aromatic rings. The minimum absolute atomic E-state index is 0.471. The SMILES string of the molecule is C[C@@H]1NC(=O)[C@H]2[C@H](C)OC(=O)N2C(=O)[C@H](C)NC(=O)[C@H]2[C@H](C)OC(=O)N2C(=O)[C@H](C)NC(=O)[C@H]2[C@H](C)OC(=O)N2C1=O. The Bertz CT molecular complexity index is 1130. The van der Waals surface area contributed by atoms with Gasteiger partial charge in [-0.25, -0.2) is 29.1 Å². The maximum atomic E-state index is 13.3. The lowest BCUT2D eigenvalue weighted by Crippen LogP contribution is -2.62. The van der Waals surface area contributed by atoms with Gasteiger partial charge in [-0.05, 0) is 41.5 Å². The van der Waals surface area contributed by atoms with Crippen molar-refractivity contribution in [3.05, 3.63) is 0 Å². The molecule has 18 nitrogen and oxygen atoms in total. The van der Waals surface area contributed by atoms with Gasteiger partial charge < -0.3 is 30.2 Å². The molecule has 4 saturated heterocycles. The van der Waals surface area contributed by atoms with Crippen molar-refractivity contribution in [2.45, 2.75) is 96.1 Å². The second kappa shape index (κ2) is 10.9. The molecule has 0 aromatic carbocycles. The summed E-state index contributed by atoms with van der Waals surface area (Å²) in [5.41, 5.74) is 0. The van der Waals surface area contributed by atoms with E-state index in [1.807, 2.05) is 0 Å². The number of rotatable bonds is 0. The van der Waals surface area contributed by atoms with Gasteiger partial charge in [0.1, 0.15) is 36.4 Å². The van der Waals surface area contributed by atoms with E-state index in [9.17, 15) is 43.2 Å². The van der Waals surface area contributed by atoms with E-state index >= 15 is 0 Å². The molecule has 18 heteroatoms. The number of amides is 9. The zero-order valence-electron chi connectivity index (χ0n) is 23.4. The summed E-state index contributed by atoms with van der Waals surface area (Å²) in [6, 6.07) is -9.17. The summed E-state index contributed by atoms with van der Waals surface area (Å²) in [4.78, 5) is 119. The first kappa shape index (κ1) is 30.2. The third-order valence-corrected chi connectivity index (χ3v) is 7.32. The molecule has 228 valence electrons. The van der Waals surface area contributed by atoms with Crippen LogP contribution in [0.4, 0.5) is 14.4 Å². The molecule has 42 heavy (non-hydrogen) atoms. The van der Waals surface area contributed by atoms with Crippen LogP contribution in [0.5, 0.6) is 0 Å². The van der Waals surface area contributed by atoms with Crippen molar-refractivity contribution in [1.29, 1.82) is 0 Å². The highest BCUT2D eigenvalue weighted by Gasteiger charge is 2.54. The molecule has 0 aliphatic carbocycles. The number of cyclic esters (lactones) is 3. The number of nitrogens with one attached hydrogen (secondary N) is 3. The molecule has 0 spiro atoms. The Hall–Kier alpha value is -4.77. The van der Waals surface area contributed by atoms with Crippen molar-refractivity contribution < 1.29 is 57.4 Å². The first-order valence-electron chi connectivity index (χ1n) is 13.1. The molecule has 4 rings (SSSR count). The van der Waals surface area contributed by atoms with E-state index in [1.165, 1.54) is 41.5 Å². The van der Waals surface area contributed by atoms with E-state index in [1.54, 1.807) is 0 Å². The summed E-state index contributed by atoms with van der Waals surface area (Å²) in [6.45, 7) is 7.58. The fraction of sp³-hybridized carbons (Fsp3) is 0.625. The van der Waals surface area contributed by atoms with E-state index in [0.29, 0.717) is 14.7 Å². The summed E-state index contributed by atoms with van der Waals surface area (Å²) in [5, 5.41) is 6.97. The van der Waals surface area contributed by atoms with Gasteiger partial charge in [-0.15, -0.1) is 0 Å². The molecular formula is C24H30N6O12. The van der Waals surface area contributed by atoms with Gasteiger partial charge in [0.25, 0.3) is 17.7 Å². The van der Waals surface area contributed by atoms with E-state index in [-0.39, 0.29) is 0 Å². The average molecular weight is 595 g/mol. The highest BCUT2D eigenvalue weighted by molar-refractivity contribution is 6.08. The van der Waals surface area contributed by atoms with E-state index < -0.39 is 108 Å². The van der Waals surface area contributed by atoms with Gasteiger partial charge in [0.2, 0.25) is 17.7 Å². The van der Waals surface area contributed by atoms with Gasteiger partial charge in [-0.1, -0.05) is 0 Å². The van der Waals surface area contributed by atoms with Crippen LogP contribution < -0.4 is 16.0 Å². The Labute approximate surface area is 238 Å². The zero-order chi connectivity index (χ0) is 31.4. The van der Waals surface area contributed by atoms with E-state index in [2.05, 4.69) is 16.0 Å². The molecule has 0 aromatic heterocycles. The van der Waals surface area contributed by atoms with Gasteiger partial charge in [-0.3, -0.25) is 28.8 Å².